The summed E-state index contributed by atoms with van der Waals surface area (Å²) in [6.07, 6.45) is 2.45. The molecule has 0 bridgehead atoms. The number of nitrogens with one attached hydrogen (secondary N) is 1. The molecule has 0 saturated carbocycles. The van der Waals surface area contributed by atoms with Crippen LogP contribution in [0.5, 0.6) is 5.75 Å². The molecule has 3 aromatic rings. The van der Waals surface area contributed by atoms with Gasteiger partial charge >= 0.3 is 0 Å². The van der Waals surface area contributed by atoms with Crippen LogP contribution < -0.4 is 20.5 Å². The van der Waals surface area contributed by atoms with Crippen LogP contribution in [-0.4, -0.2) is 49.1 Å². The number of rotatable bonds is 8. The summed E-state index contributed by atoms with van der Waals surface area (Å²) < 4.78 is 38.3. The minimum Gasteiger partial charge on any atom is -0.463 e. The summed E-state index contributed by atoms with van der Waals surface area (Å²) >= 11 is 6.28. The van der Waals surface area contributed by atoms with Crippen molar-refractivity contribution in [2.24, 2.45) is 0 Å². The molecule has 7 nitrogen and oxygen atoms in total. The third kappa shape index (κ3) is 5.31. The molecule has 34 heavy (non-hydrogen) atoms. The predicted octanol–water partition coefficient (Wildman–Crippen LogP) is 4.89. The van der Waals surface area contributed by atoms with Crippen LogP contribution in [0.4, 0.5) is 25.8 Å². The highest BCUT2D eigenvalue weighted by Crippen LogP contribution is 2.27. The van der Waals surface area contributed by atoms with Gasteiger partial charge in [-0.3, -0.25) is 4.79 Å². The SMILES string of the molecule is CN(c1ccc(OCF)cc1)c1ccc(-n2ncc(NCC3(F)CCCOC3)c(Cl)c2=O)cc1. The molecule has 0 amide bonds. The molecule has 0 aliphatic carbocycles. The van der Waals surface area contributed by atoms with Gasteiger partial charge in [-0.05, 0) is 61.4 Å². The van der Waals surface area contributed by atoms with Crippen molar-refractivity contribution in [3.63, 3.8) is 0 Å². The zero-order valence-electron chi connectivity index (χ0n) is 18.6. The molecule has 1 aliphatic heterocycles. The fourth-order valence-electron chi connectivity index (χ4n) is 3.75. The summed E-state index contributed by atoms with van der Waals surface area (Å²) in [5.74, 6) is 0.448. The summed E-state index contributed by atoms with van der Waals surface area (Å²) in [7, 11) is 1.89. The number of nitrogens with zero attached hydrogens (tertiary/aromatic N) is 3. The van der Waals surface area contributed by atoms with E-state index < -0.39 is 18.1 Å². The number of benzene rings is 2. The van der Waals surface area contributed by atoms with Gasteiger partial charge in [0.2, 0.25) is 6.86 Å². The molecule has 1 saturated heterocycles. The molecule has 4 rings (SSSR count). The Bertz CT molecular complexity index is 1170. The second-order valence-corrected chi connectivity index (χ2v) is 8.45. The third-order valence-corrected chi connectivity index (χ3v) is 6.08. The number of halogens is 3. The van der Waals surface area contributed by atoms with Gasteiger partial charge in [0.05, 0.1) is 30.7 Å². The lowest BCUT2D eigenvalue weighted by Gasteiger charge is -2.29. The first kappa shape index (κ1) is 24.0. The highest BCUT2D eigenvalue weighted by Gasteiger charge is 2.32. The Balaban J connectivity index is 1.47. The largest absolute Gasteiger partial charge is 0.463 e. The first-order valence-electron chi connectivity index (χ1n) is 10.8. The number of alkyl halides is 2. The zero-order valence-corrected chi connectivity index (χ0v) is 19.4. The molecule has 180 valence electrons. The van der Waals surface area contributed by atoms with Crippen LogP contribution >= 0.6 is 11.6 Å². The van der Waals surface area contributed by atoms with E-state index in [0.717, 1.165) is 11.4 Å². The topological polar surface area (TPSA) is 68.6 Å². The average molecular weight is 491 g/mol. The van der Waals surface area contributed by atoms with Crippen molar-refractivity contribution >= 4 is 28.7 Å². The normalized spacial score (nSPS) is 17.9. The molecule has 1 N–H and O–H groups in total. The summed E-state index contributed by atoms with van der Waals surface area (Å²) in [4.78, 5) is 14.7. The minimum atomic E-state index is -1.50. The van der Waals surface area contributed by atoms with Crippen LogP contribution in [0.25, 0.3) is 5.69 Å². The monoisotopic (exact) mass is 490 g/mol. The average Bonchev–Trinajstić information content (AvgIpc) is 2.86. The lowest BCUT2D eigenvalue weighted by Crippen LogP contribution is -2.40. The lowest BCUT2D eigenvalue weighted by atomic mass is 9.99. The number of hydrogen-bond donors (Lipinski definition) is 1. The van der Waals surface area contributed by atoms with Gasteiger partial charge in [0.15, 0.2) is 5.67 Å². The summed E-state index contributed by atoms with van der Waals surface area (Å²) in [6, 6.07) is 14.2. The van der Waals surface area contributed by atoms with Crippen molar-refractivity contribution in [1.29, 1.82) is 0 Å². The van der Waals surface area contributed by atoms with Crippen molar-refractivity contribution in [3.05, 3.63) is 70.1 Å². The number of aromatic nitrogens is 2. The smallest absolute Gasteiger partial charge is 0.292 e. The van der Waals surface area contributed by atoms with Crippen molar-refractivity contribution in [2.45, 2.75) is 18.5 Å². The van der Waals surface area contributed by atoms with E-state index in [1.165, 1.54) is 10.9 Å². The Morgan fingerprint density at radius 1 is 1.21 bits per heavy atom. The Labute approximate surface area is 200 Å². The summed E-state index contributed by atoms with van der Waals surface area (Å²) in [5, 5.41) is 7.04. The van der Waals surface area contributed by atoms with Gasteiger partial charge in [-0.25, -0.2) is 8.78 Å². The molecule has 1 fully saturated rings. The zero-order chi connectivity index (χ0) is 24.1. The molecule has 2 heterocycles. The fourth-order valence-corrected chi connectivity index (χ4v) is 3.94. The van der Waals surface area contributed by atoms with Gasteiger partial charge in [0.1, 0.15) is 10.8 Å². The standard InChI is InChI=1S/C24H25ClF2N4O3/c1-30(18-7-9-20(10-8-18)34-16-26)17-3-5-19(6-4-17)31-23(32)22(25)21(13-29-31)28-14-24(27)11-2-12-33-15-24/h3-10,13,28H,2,11-12,14-16H2,1H3. The first-order chi connectivity index (χ1) is 16.4. The van der Waals surface area contributed by atoms with Gasteiger partial charge < -0.3 is 19.7 Å². The molecule has 1 aliphatic rings. The van der Waals surface area contributed by atoms with Crippen LogP contribution in [-0.2, 0) is 4.74 Å². The third-order valence-electron chi connectivity index (χ3n) is 5.72. The molecule has 1 atom stereocenters. The highest BCUT2D eigenvalue weighted by atomic mass is 35.5. The summed E-state index contributed by atoms with van der Waals surface area (Å²) in [6.45, 7) is -0.324. The van der Waals surface area contributed by atoms with Crippen molar-refractivity contribution < 1.29 is 18.3 Å². The van der Waals surface area contributed by atoms with E-state index in [-0.39, 0.29) is 23.9 Å². The van der Waals surface area contributed by atoms with Gasteiger partial charge in [-0.1, -0.05) is 11.6 Å². The lowest BCUT2D eigenvalue weighted by molar-refractivity contribution is -0.0234. The number of anilines is 3. The van der Waals surface area contributed by atoms with Crippen LogP contribution in [0.1, 0.15) is 12.8 Å². The van der Waals surface area contributed by atoms with Gasteiger partial charge in [-0.15, -0.1) is 0 Å². The van der Waals surface area contributed by atoms with E-state index in [1.54, 1.807) is 24.3 Å². The molecule has 0 radical (unpaired) electrons. The maximum atomic E-state index is 14.8. The summed E-state index contributed by atoms with van der Waals surface area (Å²) in [5.41, 5.74) is 0.542. The van der Waals surface area contributed by atoms with E-state index in [1.807, 2.05) is 36.2 Å². The Hall–Kier alpha value is -3.17. The Morgan fingerprint density at radius 2 is 1.88 bits per heavy atom. The second kappa shape index (κ2) is 10.4. The van der Waals surface area contributed by atoms with Crippen LogP contribution in [0.2, 0.25) is 5.02 Å². The maximum Gasteiger partial charge on any atom is 0.292 e. The molecular formula is C24H25ClF2N4O3. The van der Waals surface area contributed by atoms with E-state index >= 15 is 0 Å². The Morgan fingerprint density at radius 3 is 2.50 bits per heavy atom. The second-order valence-electron chi connectivity index (χ2n) is 8.07. The van der Waals surface area contributed by atoms with Gasteiger partial charge in [-0.2, -0.15) is 9.78 Å². The quantitative estimate of drug-likeness (QED) is 0.485. The molecule has 1 unspecified atom stereocenters. The maximum absolute atomic E-state index is 14.8. The van der Waals surface area contributed by atoms with E-state index in [4.69, 9.17) is 21.1 Å². The molecular weight excluding hydrogens is 466 g/mol. The molecule has 0 spiro atoms. The van der Waals surface area contributed by atoms with Crippen molar-refractivity contribution in [1.82, 2.24) is 9.78 Å². The van der Waals surface area contributed by atoms with Crippen molar-refractivity contribution in [3.8, 4) is 11.4 Å². The minimum absolute atomic E-state index is 0.0124. The van der Waals surface area contributed by atoms with E-state index in [0.29, 0.717) is 30.9 Å². The van der Waals surface area contributed by atoms with Crippen molar-refractivity contribution in [2.75, 3.05) is 43.9 Å². The van der Waals surface area contributed by atoms with Gasteiger partial charge in [0, 0.05) is 25.0 Å². The molecule has 10 heteroatoms. The first-order valence-corrected chi connectivity index (χ1v) is 11.2. The highest BCUT2D eigenvalue weighted by molar-refractivity contribution is 6.32. The fraction of sp³-hybridized carbons (Fsp3) is 0.333. The van der Waals surface area contributed by atoms with Crippen LogP contribution in [0.15, 0.2) is 59.5 Å². The number of hydrogen-bond acceptors (Lipinski definition) is 6. The van der Waals surface area contributed by atoms with Crippen LogP contribution in [0, 0.1) is 0 Å². The van der Waals surface area contributed by atoms with Gasteiger partial charge in [0.25, 0.3) is 5.56 Å². The van der Waals surface area contributed by atoms with Crippen LogP contribution in [0.3, 0.4) is 0 Å². The molecule has 1 aromatic heterocycles. The predicted molar refractivity (Wildman–Crippen MR) is 128 cm³/mol. The van der Waals surface area contributed by atoms with E-state index in [2.05, 4.69) is 10.4 Å². The van der Waals surface area contributed by atoms with E-state index in [9.17, 15) is 13.6 Å². The number of ether oxygens (including phenoxy) is 2. The Kier molecular flexibility index (Phi) is 7.33. The molecule has 2 aromatic carbocycles.